The molecule has 0 saturated carbocycles. The summed E-state index contributed by atoms with van der Waals surface area (Å²) in [6.45, 7) is -0.924. The van der Waals surface area contributed by atoms with Gasteiger partial charge in [0.25, 0.3) is 0 Å². The van der Waals surface area contributed by atoms with Crippen molar-refractivity contribution in [1.82, 2.24) is 4.31 Å². The molecular weight excluding hydrogens is 452 g/mol. The summed E-state index contributed by atoms with van der Waals surface area (Å²) in [7, 11) is -3.87. The Labute approximate surface area is 182 Å². The van der Waals surface area contributed by atoms with E-state index in [2.05, 4.69) is 5.32 Å². The number of hydrogen-bond acceptors (Lipinski definition) is 4. The van der Waals surface area contributed by atoms with Crippen molar-refractivity contribution in [3.8, 4) is 5.75 Å². The SMILES string of the molecule is O=C(C=Cc1ccc(F)cc1)Nc1cc(S(=O)(=O)N2CCCC2)ccc1OCC(F)(F)F. The van der Waals surface area contributed by atoms with Crippen LogP contribution in [0.25, 0.3) is 6.08 Å². The van der Waals surface area contributed by atoms with Gasteiger partial charge in [0.15, 0.2) is 6.61 Å². The van der Waals surface area contributed by atoms with Crippen molar-refractivity contribution in [1.29, 1.82) is 0 Å². The molecule has 11 heteroatoms. The van der Waals surface area contributed by atoms with Gasteiger partial charge in [0.05, 0.1) is 10.6 Å². The molecule has 0 atom stereocenters. The third-order valence-corrected chi connectivity index (χ3v) is 6.49. The third-order valence-electron chi connectivity index (χ3n) is 4.60. The Morgan fingerprint density at radius 1 is 1.09 bits per heavy atom. The van der Waals surface area contributed by atoms with E-state index >= 15 is 0 Å². The summed E-state index contributed by atoms with van der Waals surface area (Å²) in [4.78, 5) is 12.1. The van der Waals surface area contributed by atoms with Crippen LogP contribution in [0.1, 0.15) is 18.4 Å². The number of carbonyl (C=O) groups is 1. The highest BCUT2D eigenvalue weighted by atomic mass is 32.2. The molecule has 0 radical (unpaired) electrons. The number of benzene rings is 2. The van der Waals surface area contributed by atoms with E-state index in [-0.39, 0.29) is 16.3 Å². The Morgan fingerprint density at radius 3 is 2.38 bits per heavy atom. The Balaban J connectivity index is 1.85. The first-order chi connectivity index (χ1) is 15.0. The van der Waals surface area contributed by atoms with Crippen LogP contribution in [0.5, 0.6) is 5.75 Å². The summed E-state index contributed by atoms with van der Waals surface area (Å²) in [5.74, 6) is -1.51. The second-order valence-electron chi connectivity index (χ2n) is 7.05. The number of anilines is 1. The van der Waals surface area contributed by atoms with E-state index in [0.29, 0.717) is 31.5 Å². The molecule has 2 aromatic carbocycles. The van der Waals surface area contributed by atoms with E-state index in [4.69, 9.17) is 4.74 Å². The van der Waals surface area contributed by atoms with Crippen LogP contribution in [0, 0.1) is 5.82 Å². The average molecular weight is 472 g/mol. The maximum absolute atomic E-state index is 13.0. The van der Waals surface area contributed by atoms with Crippen molar-refractivity contribution < 1.29 is 35.5 Å². The molecule has 1 saturated heterocycles. The van der Waals surface area contributed by atoms with Crippen LogP contribution in [-0.2, 0) is 14.8 Å². The zero-order valence-corrected chi connectivity index (χ0v) is 17.5. The summed E-state index contributed by atoms with van der Waals surface area (Å²) in [6.07, 6.45) is -0.740. The summed E-state index contributed by atoms with van der Waals surface area (Å²) >= 11 is 0. The minimum Gasteiger partial charge on any atom is -0.482 e. The number of sulfonamides is 1. The van der Waals surface area contributed by atoms with Crippen LogP contribution in [0.3, 0.4) is 0 Å². The Hall–Kier alpha value is -2.92. The molecule has 1 heterocycles. The van der Waals surface area contributed by atoms with Crippen LogP contribution < -0.4 is 10.1 Å². The van der Waals surface area contributed by atoms with Gasteiger partial charge >= 0.3 is 6.18 Å². The maximum atomic E-state index is 13.0. The molecule has 2 aromatic rings. The van der Waals surface area contributed by atoms with E-state index in [1.165, 1.54) is 34.6 Å². The van der Waals surface area contributed by atoms with Crippen molar-refractivity contribution >= 4 is 27.7 Å². The Kier molecular flexibility index (Phi) is 7.19. The molecule has 1 fully saturated rings. The van der Waals surface area contributed by atoms with Crippen LogP contribution in [0.2, 0.25) is 0 Å². The monoisotopic (exact) mass is 472 g/mol. The highest BCUT2D eigenvalue weighted by molar-refractivity contribution is 7.89. The molecule has 1 amide bonds. The fourth-order valence-corrected chi connectivity index (χ4v) is 4.59. The number of ether oxygens (including phenoxy) is 1. The first-order valence-corrected chi connectivity index (χ1v) is 11.1. The normalized spacial score (nSPS) is 15.2. The van der Waals surface area contributed by atoms with Crippen LogP contribution >= 0.6 is 0 Å². The number of rotatable bonds is 7. The molecule has 1 N–H and O–H groups in total. The second kappa shape index (κ2) is 9.70. The predicted molar refractivity (Wildman–Crippen MR) is 110 cm³/mol. The number of alkyl halides is 3. The lowest BCUT2D eigenvalue weighted by Gasteiger charge is -2.18. The first-order valence-electron chi connectivity index (χ1n) is 9.63. The summed E-state index contributed by atoms with van der Waals surface area (Å²) < 4.78 is 82.4. The number of hydrogen-bond donors (Lipinski definition) is 1. The molecule has 172 valence electrons. The van der Waals surface area contributed by atoms with E-state index in [1.54, 1.807) is 0 Å². The molecule has 0 unspecified atom stereocenters. The number of nitrogens with zero attached hydrogens (tertiary/aromatic N) is 1. The third kappa shape index (κ3) is 6.30. The first kappa shape index (κ1) is 23.7. The van der Waals surface area contributed by atoms with Crippen LogP contribution in [-0.4, -0.2) is 44.5 Å². The smallest absolute Gasteiger partial charge is 0.422 e. The minimum absolute atomic E-state index is 0.170. The average Bonchev–Trinajstić information content (AvgIpc) is 3.27. The molecule has 3 rings (SSSR count). The zero-order chi connectivity index (χ0) is 23.4. The van der Waals surface area contributed by atoms with Crippen LogP contribution in [0.15, 0.2) is 53.4 Å². The van der Waals surface area contributed by atoms with Gasteiger partial charge < -0.3 is 10.1 Å². The van der Waals surface area contributed by atoms with Crippen LogP contribution in [0.4, 0.5) is 23.2 Å². The fraction of sp³-hybridized carbons (Fsp3) is 0.286. The molecule has 32 heavy (non-hydrogen) atoms. The van der Waals surface area contributed by atoms with Gasteiger partial charge in [-0.05, 0) is 54.8 Å². The van der Waals surface area contributed by atoms with E-state index < -0.39 is 34.5 Å². The fourth-order valence-electron chi connectivity index (χ4n) is 3.05. The zero-order valence-electron chi connectivity index (χ0n) is 16.7. The van der Waals surface area contributed by atoms with E-state index in [0.717, 1.165) is 24.3 Å². The predicted octanol–water partition coefficient (Wildman–Crippen LogP) is 4.20. The molecule has 1 aliphatic heterocycles. The van der Waals surface area contributed by atoms with Gasteiger partial charge in [-0.1, -0.05) is 12.1 Å². The summed E-state index contributed by atoms with van der Waals surface area (Å²) in [6, 6.07) is 8.56. The molecule has 0 aliphatic carbocycles. The summed E-state index contributed by atoms with van der Waals surface area (Å²) in [5, 5.41) is 2.36. The molecular formula is C21H20F4N2O4S. The van der Waals surface area contributed by atoms with Gasteiger partial charge in [-0.15, -0.1) is 0 Å². The standard InChI is InChI=1S/C21H20F4N2O4S/c22-16-6-3-15(4-7-16)5-10-20(28)26-18-13-17(32(29,30)27-11-1-2-12-27)8-9-19(18)31-14-21(23,24)25/h3-10,13H,1-2,11-12,14H2,(H,26,28). The maximum Gasteiger partial charge on any atom is 0.422 e. The topological polar surface area (TPSA) is 75.7 Å². The molecule has 1 aliphatic rings. The van der Waals surface area contributed by atoms with E-state index in [9.17, 15) is 30.8 Å². The number of carbonyl (C=O) groups excluding carboxylic acids is 1. The van der Waals surface area contributed by atoms with Crippen molar-refractivity contribution in [2.45, 2.75) is 23.9 Å². The number of amides is 1. The van der Waals surface area contributed by atoms with Gasteiger partial charge in [0, 0.05) is 19.2 Å². The lowest BCUT2D eigenvalue weighted by Crippen LogP contribution is -2.28. The Bertz CT molecular complexity index is 1090. The molecule has 6 nitrogen and oxygen atoms in total. The lowest BCUT2D eigenvalue weighted by molar-refractivity contribution is -0.153. The van der Waals surface area contributed by atoms with Gasteiger partial charge in [-0.3, -0.25) is 4.79 Å². The second-order valence-corrected chi connectivity index (χ2v) is 8.99. The largest absolute Gasteiger partial charge is 0.482 e. The van der Waals surface area contributed by atoms with Gasteiger partial charge in [0.2, 0.25) is 15.9 Å². The molecule has 0 bridgehead atoms. The van der Waals surface area contributed by atoms with Gasteiger partial charge in [-0.2, -0.15) is 17.5 Å². The van der Waals surface area contributed by atoms with Gasteiger partial charge in [-0.25, -0.2) is 12.8 Å². The minimum atomic E-state index is -4.62. The quantitative estimate of drug-likeness (QED) is 0.484. The van der Waals surface area contributed by atoms with Crippen molar-refractivity contribution in [3.63, 3.8) is 0 Å². The number of halogens is 4. The number of nitrogens with one attached hydrogen (secondary N) is 1. The highest BCUT2D eigenvalue weighted by Gasteiger charge is 2.30. The van der Waals surface area contributed by atoms with Gasteiger partial charge in [0.1, 0.15) is 11.6 Å². The molecule has 0 spiro atoms. The molecule has 0 aromatic heterocycles. The van der Waals surface area contributed by atoms with E-state index in [1.807, 2.05) is 0 Å². The Morgan fingerprint density at radius 2 is 1.75 bits per heavy atom. The lowest BCUT2D eigenvalue weighted by atomic mass is 10.2. The van der Waals surface area contributed by atoms with Crippen molar-refractivity contribution in [2.24, 2.45) is 0 Å². The van der Waals surface area contributed by atoms with Crippen molar-refractivity contribution in [3.05, 3.63) is 59.9 Å². The van der Waals surface area contributed by atoms with Crippen molar-refractivity contribution in [2.75, 3.05) is 25.0 Å². The highest BCUT2D eigenvalue weighted by Crippen LogP contribution is 2.31. The summed E-state index contributed by atoms with van der Waals surface area (Å²) in [5.41, 5.74) is 0.295.